The highest BCUT2D eigenvalue weighted by atomic mass is 35.5. The average Bonchev–Trinajstić information content (AvgIpc) is 3.09. The molecule has 0 radical (unpaired) electrons. The number of hydrogen-bond donors (Lipinski definition) is 1. The summed E-state index contributed by atoms with van der Waals surface area (Å²) in [5.41, 5.74) is 1.99. The number of nitrogens with one attached hydrogen (secondary N) is 1. The van der Waals surface area contributed by atoms with E-state index in [4.69, 9.17) is 9.26 Å². The number of halogens is 1. The lowest BCUT2D eigenvalue weighted by Crippen LogP contribution is -2.24. The van der Waals surface area contributed by atoms with Crippen LogP contribution in [0.1, 0.15) is 18.3 Å². The molecule has 0 bridgehead atoms. The van der Waals surface area contributed by atoms with E-state index in [1.165, 1.54) is 0 Å². The van der Waals surface area contributed by atoms with Crippen LogP contribution >= 0.6 is 12.4 Å². The third-order valence-corrected chi connectivity index (χ3v) is 3.78. The molecule has 0 aliphatic heterocycles. The Balaban J connectivity index is 0.00000225. The fraction of sp³-hybridized carbons (Fsp3) is 0.263. The van der Waals surface area contributed by atoms with Gasteiger partial charge >= 0.3 is 0 Å². The number of nitrogens with zero attached hydrogens (tertiary/aromatic N) is 2. The summed E-state index contributed by atoms with van der Waals surface area (Å²) >= 11 is 0. The molecule has 25 heavy (non-hydrogen) atoms. The molecule has 3 rings (SSSR count). The summed E-state index contributed by atoms with van der Waals surface area (Å²) < 4.78 is 11.2. The number of hydrogen-bond acceptors (Lipinski definition) is 5. The summed E-state index contributed by atoms with van der Waals surface area (Å²) in [5.74, 6) is 1.99. The highest BCUT2D eigenvalue weighted by Gasteiger charge is 2.11. The predicted octanol–water partition coefficient (Wildman–Crippen LogP) is 3.89. The summed E-state index contributed by atoms with van der Waals surface area (Å²) in [6.45, 7) is 2.60. The second-order valence-electron chi connectivity index (χ2n) is 5.71. The molecule has 0 saturated carbocycles. The molecule has 0 fully saturated rings. The van der Waals surface area contributed by atoms with Gasteiger partial charge in [-0.15, -0.1) is 12.4 Å². The Hall–Kier alpha value is -2.37. The van der Waals surface area contributed by atoms with Crippen LogP contribution in [0.5, 0.6) is 5.75 Å². The SMILES string of the molecule is CNC(C)Cc1noc(-c2cccc(OCc3ccccc3)c2)n1.Cl. The third kappa shape index (κ3) is 5.31. The fourth-order valence-electron chi connectivity index (χ4n) is 2.29. The monoisotopic (exact) mass is 359 g/mol. The second-order valence-corrected chi connectivity index (χ2v) is 5.71. The molecule has 0 amide bonds. The van der Waals surface area contributed by atoms with Gasteiger partial charge in [-0.3, -0.25) is 0 Å². The number of likely N-dealkylation sites (N-methyl/N-ethyl adjacent to an activating group) is 1. The molecule has 0 saturated heterocycles. The van der Waals surface area contributed by atoms with Crippen molar-refractivity contribution in [1.82, 2.24) is 15.5 Å². The van der Waals surface area contributed by atoms with Crippen LogP contribution in [0.15, 0.2) is 59.1 Å². The molecule has 1 heterocycles. The van der Waals surface area contributed by atoms with E-state index in [0.29, 0.717) is 24.4 Å². The van der Waals surface area contributed by atoms with Crippen molar-refractivity contribution in [3.05, 3.63) is 66.0 Å². The van der Waals surface area contributed by atoms with Crippen molar-refractivity contribution < 1.29 is 9.26 Å². The Morgan fingerprint density at radius 3 is 2.68 bits per heavy atom. The average molecular weight is 360 g/mol. The molecule has 6 heteroatoms. The van der Waals surface area contributed by atoms with E-state index in [-0.39, 0.29) is 12.4 Å². The van der Waals surface area contributed by atoms with Crippen molar-refractivity contribution in [3.63, 3.8) is 0 Å². The van der Waals surface area contributed by atoms with Gasteiger partial charge in [0.1, 0.15) is 12.4 Å². The highest BCUT2D eigenvalue weighted by Crippen LogP contribution is 2.23. The summed E-state index contributed by atoms with van der Waals surface area (Å²) in [4.78, 5) is 4.45. The minimum atomic E-state index is 0. The van der Waals surface area contributed by atoms with Gasteiger partial charge in [0, 0.05) is 18.0 Å². The van der Waals surface area contributed by atoms with E-state index in [1.54, 1.807) is 0 Å². The quantitative estimate of drug-likeness (QED) is 0.693. The van der Waals surface area contributed by atoms with E-state index in [0.717, 1.165) is 23.3 Å². The Morgan fingerprint density at radius 2 is 1.92 bits per heavy atom. The summed E-state index contributed by atoms with van der Waals surface area (Å²) in [5, 5.41) is 7.20. The molecular formula is C19H22ClN3O2. The van der Waals surface area contributed by atoms with E-state index < -0.39 is 0 Å². The Labute approximate surface area is 153 Å². The van der Waals surface area contributed by atoms with Gasteiger partial charge in [-0.2, -0.15) is 4.98 Å². The third-order valence-electron chi connectivity index (χ3n) is 3.78. The van der Waals surface area contributed by atoms with Crippen LogP contribution in [-0.2, 0) is 13.0 Å². The van der Waals surface area contributed by atoms with Crippen molar-refractivity contribution >= 4 is 12.4 Å². The lowest BCUT2D eigenvalue weighted by Gasteiger charge is -2.07. The highest BCUT2D eigenvalue weighted by molar-refractivity contribution is 5.85. The zero-order valence-electron chi connectivity index (χ0n) is 14.3. The predicted molar refractivity (Wildman–Crippen MR) is 100.0 cm³/mol. The first-order chi connectivity index (χ1) is 11.7. The normalized spacial score (nSPS) is 11.6. The van der Waals surface area contributed by atoms with E-state index in [9.17, 15) is 0 Å². The fourth-order valence-corrected chi connectivity index (χ4v) is 2.29. The smallest absolute Gasteiger partial charge is 0.258 e. The van der Waals surface area contributed by atoms with Gasteiger partial charge in [-0.25, -0.2) is 0 Å². The molecule has 1 unspecified atom stereocenters. The van der Waals surface area contributed by atoms with E-state index in [1.807, 2.05) is 61.6 Å². The van der Waals surface area contributed by atoms with Crippen LogP contribution in [-0.4, -0.2) is 23.2 Å². The zero-order valence-corrected chi connectivity index (χ0v) is 15.1. The molecule has 0 aliphatic rings. The first-order valence-corrected chi connectivity index (χ1v) is 8.01. The molecule has 1 N–H and O–H groups in total. The van der Waals surface area contributed by atoms with Gasteiger partial charge in [0.05, 0.1) is 0 Å². The van der Waals surface area contributed by atoms with Crippen molar-refractivity contribution in [2.24, 2.45) is 0 Å². The summed E-state index contributed by atoms with van der Waals surface area (Å²) in [7, 11) is 1.92. The van der Waals surface area contributed by atoms with Crippen molar-refractivity contribution in [3.8, 4) is 17.2 Å². The molecule has 1 aromatic heterocycles. The number of ether oxygens (including phenoxy) is 1. The first-order valence-electron chi connectivity index (χ1n) is 8.01. The maximum atomic E-state index is 5.84. The van der Waals surface area contributed by atoms with E-state index >= 15 is 0 Å². The molecular weight excluding hydrogens is 338 g/mol. The van der Waals surface area contributed by atoms with Gasteiger partial charge in [0.2, 0.25) is 0 Å². The second kappa shape index (κ2) is 9.20. The standard InChI is InChI=1S/C19H21N3O2.ClH/c1-14(20-2)11-18-21-19(24-22-18)16-9-6-10-17(12-16)23-13-15-7-4-3-5-8-15;/h3-10,12,14,20H,11,13H2,1-2H3;1H. The molecule has 0 aliphatic carbocycles. The minimum absolute atomic E-state index is 0. The molecule has 2 aromatic carbocycles. The van der Waals surface area contributed by atoms with Crippen LogP contribution in [0.4, 0.5) is 0 Å². The van der Waals surface area contributed by atoms with Crippen molar-refractivity contribution in [2.75, 3.05) is 7.05 Å². The first kappa shape index (κ1) is 19.0. The largest absolute Gasteiger partial charge is 0.489 e. The van der Waals surface area contributed by atoms with Crippen LogP contribution in [0.25, 0.3) is 11.5 Å². The zero-order chi connectivity index (χ0) is 16.8. The van der Waals surface area contributed by atoms with Gasteiger partial charge in [0.25, 0.3) is 5.89 Å². The Bertz CT molecular complexity index is 777. The van der Waals surface area contributed by atoms with Gasteiger partial charge < -0.3 is 14.6 Å². The number of aromatic nitrogens is 2. The van der Waals surface area contributed by atoms with Gasteiger partial charge in [-0.1, -0.05) is 41.6 Å². The molecule has 5 nitrogen and oxygen atoms in total. The number of benzene rings is 2. The van der Waals surface area contributed by atoms with Crippen molar-refractivity contribution in [2.45, 2.75) is 26.0 Å². The van der Waals surface area contributed by atoms with Crippen LogP contribution < -0.4 is 10.1 Å². The van der Waals surface area contributed by atoms with Crippen molar-refractivity contribution in [1.29, 1.82) is 0 Å². The van der Waals surface area contributed by atoms with Gasteiger partial charge in [0.15, 0.2) is 5.82 Å². The summed E-state index contributed by atoms with van der Waals surface area (Å²) in [6, 6.07) is 18.1. The molecule has 132 valence electrons. The minimum Gasteiger partial charge on any atom is -0.489 e. The maximum Gasteiger partial charge on any atom is 0.258 e. The lowest BCUT2D eigenvalue weighted by molar-refractivity contribution is 0.306. The number of rotatable bonds is 7. The Morgan fingerprint density at radius 1 is 1.12 bits per heavy atom. The topological polar surface area (TPSA) is 60.2 Å². The molecule has 1 atom stereocenters. The van der Waals surface area contributed by atoms with Crippen LogP contribution in [0, 0.1) is 0 Å². The molecule has 0 spiro atoms. The van der Waals surface area contributed by atoms with Gasteiger partial charge in [-0.05, 0) is 37.7 Å². The lowest BCUT2D eigenvalue weighted by atomic mass is 10.2. The van der Waals surface area contributed by atoms with E-state index in [2.05, 4.69) is 22.4 Å². The maximum absolute atomic E-state index is 5.84. The van der Waals surface area contributed by atoms with Crippen LogP contribution in [0.3, 0.4) is 0 Å². The van der Waals surface area contributed by atoms with Crippen LogP contribution in [0.2, 0.25) is 0 Å². The summed E-state index contributed by atoms with van der Waals surface area (Å²) in [6.07, 6.45) is 0.726. The Kier molecular flexibility index (Phi) is 6.98. The molecule has 3 aromatic rings.